The number of fused-ring (bicyclic) bond motifs is 2. The van der Waals surface area contributed by atoms with E-state index in [1.807, 2.05) is 6.20 Å². The Hall–Kier alpha value is -1.22. The molecule has 0 amide bonds. The smallest absolute Gasteiger partial charge is 0.0571 e. The molecule has 3 heteroatoms. The van der Waals surface area contributed by atoms with Gasteiger partial charge in [-0.3, -0.25) is 4.90 Å². The van der Waals surface area contributed by atoms with Gasteiger partial charge in [-0.1, -0.05) is 6.08 Å². The molecule has 2 atom stereocenters. The Bertz CT molecular complexity index is 410. The molecule has 0 spiro atoms. The minimum atomic E-state index is 0.646. The fourth-order valence-corrected chi connectivity index (χ4v) is 3.01. The van der Waals surface area contributed by atoms with Crippen molar-refractivity contribution in [3.8, 4) is 0 Å². The number of likely N-dealkylation sites (tertiary alicyclic amines) is 1. The first kappa shape index (κ1) is 9.97. The van der Waals surface area contributed by atoms with Gasteiger partial charge in [0.2, 0.25) is 0 Å². The molecule has 1 aromatic rings. The van der Waals surface area contributed by atoms with E-state index in [0.29, 0.717) is 18.0 Å². The molecule has 3 nitrogen and oxygen atoms in total. The summed E-state index contributed by atoms with van der Waals surface area (Å²) < 4.78 is 0. The van der Waals surface area contributed by atoms with Crippen LogP contribution in [0.1, 0.15) is 25.8 Å². The van der Waals surface area contributed by atoms with Gasteiger partial charge < -0.3 is 0 Å². The first-order valence-electron chi connectivity index (χ1n) is 6.00. The lowest BCUT2D eigenvalue weighted by Gasteiger charge is -2.29. The molecule has 1 aromatic heterocycles. The van der Waals surface area contributed by atoms with Gasteiger partial charge in [0.1, 0.15) is 0 Å². The molecule has 2 heterocycles. The van der Waals surface area contributed by atoms with Crippen LogP contribution in [-0.2, 0) is 0 Å². The topological polar surface area (TPSA) is 29.0 Å². The highest BCUT2D eigenvalue weighted by atomic mass is 15.2. The Balaban J connectivity index is 1.87. The lowest BCUT2D eigenvalue weighted by molar-refractivity contribution is 0.227. The van der Waals surface area contributed by atoms with E-state index >= 15 is 0 Å². The third-order valence-corrected chi connectivity index (χ3v) is 3.78. The second-order valence-corrected chi connectivity index (χ2v) is 5.04. The van der Waals surface area contributed by atoms with Gasteiger partial charge >= 0.3 is 0 Å². The summed E-state index contributed by atoms with van der Waals surface area (Å²) in [5.41, 5.74) is 2.74. The molecule has 0 saturated carbocycles. The lowest BCUT2D eigenvalue weighted by atomic mass is 9.97. The van der Waals surface area contributed by atoms with Gasteiger partial charge in [-0.25, -0.2) is 0 Å². The second-order valence-electron chi connectivity index (χ2n) is 5.04. The number of hydrogen-bond donors (Lipinski definition) is 0. The van der Waals surface area contributed by atoms with Gasteiger partial charge in [-0.15, -0.1) is 0 Å². The van der Waals surface area contributed by atoms with E-state index in [1.54, 1.807) is 6.20 Å². The zero-order valence-electron chi connectivity index (χ0n) is 9.80. The monoisotopic (exact) mass is 215 g/mol. The van der Waals surface area contributed by atoms with Crippen LogP contribution >= 0.6 is 0 Å². The molecule has 16 heavy (non-hydrogen) atoms. The summed E-state index contributed by atoms with van der Waals surface area (Å²) in [6, 6.07) is 3.37. The Labute approximate surface area is 96.2 Å². The van der Waals surface area contributed by atoms with E-state index in [-0.39, 0.29) is 0 Å². The summed E-state index contributed by atoms with van der Waals surface area (Å²) in [5.74, 6) is 0.705. The quantitative estimate of drug-likeness (QED) is 0.755. The average Bonchev–Trinajstić information content (AvgIpc) is 2.89. The maximum Gasteiger partial charge on any atom is 0.0571 e. The van der Waals surface area contributed by atoms with Crippen LogP contribution in [0.2, 0.25) is 0 Å². The molecular weight excluding hydrogens is 198 g/mol. The molecule has 84 valence electrons. The van der Waals surface area contributed by atoms with Crippen molar-refractivity contribution in [3.05, 3.63) is 30.1 Å². The van der Waals surface area contributed by atoms with Crippen molar-refractivity contribution in [1.82, 2.24) is 15.1 Å². The van der Waals surface area contributed by atoms with Crippen molar-refractivity contribution in [1.29, 1.82) is 0 Å². The minimum Gasteiger partial charge on any atom is -0.294 e. The molecule has 1 aliphatic carbocycles. The Morgan fingerprint density at radius 3 is 2.81 bits per heavy atom. The molecule has 2 unspecified atom stereocenters. The van der Waals surface area contributed by atoms with E-state index in [4.69, 9.17) is 0 Å². The van der Waals surface area contributed by atoms with E-state index in [1.165, 1.54) is 24.1 Å². The molecule has 1 aliphatic heterocycles. The summed E-state index contributed by atoms with van der Waals surface area (Å²) in [5, 5.41) is 7.80. The fourth-order valence-electron chi connectivity index (χ4n) is 3.01. The molecule has 0 radical (unpaired) electrons. The third kappa shape index (κ3) is 1.47. The molecule has 1 saturated heterocycles. The zero-order valence-corrected chi connectivity index (χ0v) is 9.80. The largest absolute Gasteiger partial charge is 0.294 e. The van der Waals surface area contributed by atoms with Crippen LogP contribution in [0.4, 0.5) is 0 Å². The van der Waals surface area contributed by atoms with Gasteiger partial charge in [0.05, 0.1) is 12.4 Å². The number of hydrogen-bond acceptors (Lipinski definition) is 3. The fraction of sp³-hybridized carbons (Fsp3) is 0.538. The Morgan fingerprint density at radius 1 is 1.38 bits per heavy atom. The first-order valence-corrected chi connectivity index (χ1v) is 6.00. The molecule has 2 bridgehead atoms. The third-order valence-electron chi connectivity index (χ3n) is 3.78. The average molecular weight is 215 g/mol. The highest BCUT2D eigenvalue weighted by Gasteiger charge is 2.39. The predicted octanol–water partition coefficient (Wildman–Crippen LogP) is 1.97. The van der Waals surface area contributed by atoms with Crippen LogP contribution in [0.15, 0.2) is 24.5 Å². The number of nitrogens with zero attached hydrogens (tertiary/aromatic N) is 3. The van der Waals surface area contributed by atoms with Gasteiger partial charge in [0.15, 0.2) is 0 Å². The maximum absolute atomic E-state index is 3.96. The van der Waals surface area contributed by atoms with Crippen molar-refractivity contribution >= 4 is 5.57 Å². The summed E-state index contributed by atoms with van der Waals surface area (Å²) in [6.45, 7) is 5.76. The van der Waals surface area contributed by atoms with Crippen molar-refractivity contribution in [3.63, 3.8) is 0 Å². The van der Waals surface area contributed by atoms with Gasteiger partial charge in [-0.05, 0) is 43.4 Å². The van der Waals surface area contributed by atoms with Crippen LogP contribution in [0.5, 0.6) is 0 Å². The highest BCUT2D eigenvalue weighted by molar-refractivity contribution is 5.70. The van der Waals surface area contributed by atoms with E-state index in [9.17, 15) is 0 Å². The summed E-state index contributed by atoms with van der Waals surface area (Å²) in [6.07, 6.45) is 7.37. The standard InChI is InChI=1S/C13H17N3/c1-9(2)16-8-11-5-12(16)6-13(11)10-3-4-14-15-7-10/h3-4,6-7,9,11-12H,5,8H2,1-2H3. The van der Waals surface area contributed by atoms with E-state index in [0.717, 1.165) is 0 Å². The van der Waals surface area contributed by atoms with Crippen molar-refractivity contribution < 1.29 is 0 Å². The predicted molar refractivity (Wildman–Crippen MR) is 63.7 cm³/mol. The van der Waals surface area contributed by atoms with Crippen molar-refractivity contribution in [2.24, 2.45) is 5.92 Å². The van der Waals surface area contributed by atoms with Crippen LogP contribution in [0.3, 0.4) is 0 Å². The van der Waals surface area contributed by atoms with Gasteiger partial charge in [0, 0.05) is 18.6 Å². The minimum absolute atomic E-state index is 0.646. The number of rotatable bonds is 2. The zero-order chi connectivity index (χ0) is 11.1. The Morgan fingerprint density at radius 2 is 2.25 bits per heavy atom. The summed E-state index contributed by atoms with van der Waals surface area (Å²) in [4.78, 5) is 2.59. The van der Waals surface area contributed by atoms with Crippen LogP contribution in [0, 0.1) is 5.92 Å². The summed E-state index contributed by atoms with van der Waals surface area (Å²) in [7, 11) is 0. The molecular formula is C13H17N3. The first-order chi connectivity index (χ1) is 7.75. The molecule has 1 fully saturated rings. The molecule has 0 aromatic carbocycles. The van der Waals surface area contributed by atoms with Crippen molar-refractivity contribution in [2.75, 3.05) is 6.54 Å². The van der Waals surface area contributed by atoms with Crippen LogP contribution in [0.25, 0.3) is 5.57 Å². The van der Waals surface area contributed by atoms with Crippen molar-refractivity contribution in [2.45, 2.75) is 32.4 Å². The lowest BCUT2D eigenvalue weighted by Crippen LogP contribution is -2.36. The van der Waals surface area contributed by atoms with Gasteiger partial charge in [-0.2, -0.15) is 10.2 Å². The second kappa shape index (κ2) is 3.67. The SMILES string of the molecule is CC(C)N1CC2CC1C=C2c1ccnnc1. The van der Waals surface area contributed by atoms with E-state index in [2.05, 4.69) is 41.1 Å². The van der Waals surface area contributed by atoms with Crippen LogP contribution in [-0.4, -0.2) is 33.7 Å². The number of aromatic nitrogens is 2. The highest BCUT2D eigenvalue weighted by Crippen LogP contribution is 2.42. The van der Waals surface area contributed by atoms with Gasteiger partial charge in [0.25, 0.3) is 0 Å². The maximum atomic E-state index is 3.96. The van der Waals surface area contributed by atoms with Crippen LogP contribution < -0.4 is 0 Å². The summed E-state index contributed by atoms with van der Waals surface area (Å²) >= 11 is 0. The molecule has 2 aliphatic rings. The Kier molecular flexibility index (Phi) is 2.28. The normalized spacial score (nSPS) is 28.8. The molecule has 0 N–H and O–H groups in total. The van der Waals surface area contributed by atoms with E-state index < -0.39 is 0 Å². The molecule has 3 rings (SSSR count).